The van der Waals surface area contributed by atoms with Crippen molar-refractivity contribution in [1.29, 1.82) is 0 Å². The predicted molar refractivity (Wildman–Crippen MR) is 395 cm³/mol. The minimum absolute atomic E-state index is 0.0242. The van der Waals surface area contributed by atoms with Crippen molar-refractivity contribution in [2.24, 2.45) is 53.3 Å². The van der Waals surface area contributed by atoms with E-state index >= 15 is 0 Å². The highest BCUT2D eigenvalue weighted by molar-refractivity contribution is 5.79. The Hall–Kier alpha value is -4.03. The normalized spacial score (nSPS) is 25.1. The van der Waals surface area contributed by atoms with E-state index in [1.807, 2.05) is 0 Å². The summed E-state index contributed by atoms with van der Waals surface area (Å²) in [6.07, 6.45) is -0.228. The molecule has 0 bridgehead atoms. The zero-order valence-electron chi connectivity index (χ0n) is 68.1. The Balaban J connectivity index is 1.38. The Morgan fingerprint density at radius 1 is 0.296 bits per heavy atom. The van der Waals surface area contributed by atoms with Gasteiger partial charge in [-0.3, -0.25) is 28.8 Å². The summed E-state index contributed by atoms with van der Waals surface area (Å²) < 4.78 is 127. The van der Waals surface area contributed by atoms with Gasteiger partial charge >= 0.3 is 24.0 Å². The summed E-state index contributed by atoms with van der Waals surface area (Å²) in [5.41, 5.74) is -2.22. The van der Waals surface area contributed by atoms with Crippen LogP contribution in [-0.2, 0) is 133 Å². The number of ketones is 3. The molecule has 108 heavy (non-hydrogen) atoms. The van der Waals surface area contributed by atoms with E-state index in [1.54, 1.807) is 20.8 Å². The number of amides is 1. The van der Waals surface area contributed by atoms with Gasteiger partial charge in [-0.2, -0.15) is 0 Å². The zero-order valence-corrected chi connectivity index (χ0v) is 68.1. The minimum atomic E-state index is -1.36. The van der Waals surface area contributed by atoms with Crippen LogP contribution in [0.3, 0.4) is 0 Å². The molecule has 0 aromatic carbocycles. The third-order valence-electron chi connectivity index (χ3n) is 19.8. The first-order valence-electron chi connectivity index (χ1n) is 39.3. The monoisotopic (exact) mass is 1550 g/mol. The van der Waals surface area contributed by atoms with E-state index < -0.39 is 36.1 Å². The number of nitrogens with one attached hydrogen (secondary N) is 1. The Kier molecular flexibility index (Phi) is 52.6. The number of hydrogen-bond acceptors (Lipinski definition) is 29. The van der Waals surface area contributed by atoms with Crippen molar-refractivity contribution in [1.82, 2.24) is 5.32 Å². The maximum absolute atomic E-state index is 13.5. The molecule has 0 aromatic heterocycles. The summed E-state index contributed by atoms with van der Waals surface area (Å²) in [7, 11) is 0. The third-order valence-corrected chi connectivity index (χ3v) is 19.8. The van der Waals surface area contributed by atoms with E-state index in [1.165, 1.54) is 20.8 Å². The van der Waals surface area contributed by atoms with E-state index in [-0.39, 0.29) is 187 Å². The van der Waals surface area contributed by atoms with Gasteiger partial charge in [-0.15, -0.1) is 0 Å². The molecule has 0 radical (unpaired) electrons. The van der Waals surface area contributed by atoms with Gasteiger partial charge in [-0.05, 0) is 75.5 Å². The van der Waals surface area contributed by atoms with E-state index in [2.05, 4.69) is 67.6 Å². The van der Waals surface area contributed by atoms with Crippen molar-refractivity contribution >= 4 is 41.4 Å². The molecule has 0 aromatic rings. The smallest absolute Gasteiger partial charge is 0.408 e. The Morgan fingerprint density at radius 3 is 0.778 bits per heavy atom. The Morgan fingerprint density at radius 2 is 0.537 bits per heavy atom. The van der Waals surface area contributed by atoms with Crippen molar-refractivity contribution in [3.05, 3.63) is 0 Å². The first kappa shape index (κ1) is 98.2. The van der Waals surface area contributed by atoms with Gasteiger partial charge < -0.3 is 110 Å². The maximum Gasteiger partial charge on any atom is 0.408 e. The van der Waals surface area contributed by atoms with Gasteiger partial charge in [-0.1, -0.05) is 62.3 Å². The molecule has 30 heteroatoms. The molecule has 630 valence electrons. The fourth-order valence-electron chi connectivity index (χ4n) is 12.1. The van der Waals surface area contributed by atoms with Crippen molar-refractivity contribution in [3.63, 3.8) is 0 Å². The number of rotatable bonds is 64. The highest BCUT2D eigenvalue weighted by Gasteiger charge is 2.43. The van der Waals surface area contributed by atoms with Crippen LogP contribution in [0.5, 0.6) is 0 Å². The fourth-order valence-corrected chi connectivity index (χ4v) is 12.1. The number of ether oxygens (including phenoxy) is 22. The predicted octanol–water partition coefficient (Wildman–Crippen LogP) is 8.31. The highest BCUT2D eigenvalue weighted by atomic mass is 16.7. The number of esters is 3. The molecule has 0 spiro atoms. The van der Waals surface area contributed by atoms with Crippen LogP contribution in [0.2, 0.25) is 0 Å². The van der Waals surface area contributed by atoms with Gasteiger partial charge in [-0.25, -0.2) is 4.79 Å². The van der Waals surface area contributed by atoms with Crippen molar-refractivity contribution < 1.29 is 138 Å². The van der Waals surface area contributed by atoms with Crippen LogP contribution in [0, 0.1) is 53.3 Å². The topological polar surface area (TPSA) is 335 Å². The van der Waals surface area contributed by atoms with Crippen LogP contribution < -0.4 is 5.32 Å². The van der Waals surface area contributed by atoms with Crippen LogP contribution >= 0.6 is 0 Å². The summed E-state index contributed by atoms with van der Waals surface area (Å²) in [6.45, 7) is 36.0. The van der Waals surface area contributed by atoms with E-state index in [0.29, 0.717) is 176 Å². The van der Waals surface area contributed by atoms with Crippen molar-refractivity contribution in [2.75, 3.05) is 198 Å². The molecule has 0 saturated carbocycles. The minimum Gasteiger partial charge on any atom is -0.463 e. The van der Waals surface area contributed by atoms with Gasteiger partial charge in [0.15, 0.2) is 18.9 Å². The average Bonchev–Trinajstić information content (AvgIpc) is 0.833. The third kappa shape index (κ3) is 44.4. The van der Waals surface area contributed by atoms with Crippen LogP contribution in [0.15, 0.2) is 0 Å². The lowest BCUT2D eigenvalue weighted by Gasteiger charge is -2.43. The summed E-state index contributed by atoms with van der Waals surface area (Å²) >= 11 is 0. The average molecular weight is 1550 g/mol. The van der Waals surface area contributed by atoms with Gasteiger partial charge in [0.1, 0.15) is 48.3 Å². The van der Waals surface area contributed by atoms with E-state index in [9.17, 15) is 33.6 Å². The summed E-state index contributed by atoms with van der Waals surface area (Å²) in [4.78, 5) is 86.7. The van der Waals surface area contributed by atoms with Gasteiger partial charge in [0.05, 0.1) is 177 Å². The zero-order chi connectivity index (χ0) is 79.5. The van der Waals surface area contributed by atoms with Crippen LogP contribution in [-0.4, -0.2) is 288 Å². The largest absolute Gasteiger partial charge is 0.463 e. The molecule has 0 aliphatic carbocycles. The number of hydrogen-bond donors (Lipinski definition) is 1. The standard InChI is InChI=1S/C78H139NO29/c1-55-58(4)70(49-102-64(10)80)105-73(61(55)7)99-46-43-93-40-37-90-34-31-87-25-16-19-67(83)22-28-96-52-78(79-76(86)108-77(13,14)15,53-97-29-23-68(84)20-17-26-88-32-35-91-38-41-94-44-47-100-74-62(8)56(2)59(5)71(106-74)50-103-65(11)81)54-98-30-24-69(85)21-18-27-89-33-36-92-39-42-95-45-48-101-75-63(9)57(3)60(6)72(107-75)51-104-66(12)82/h55-63,70-75H,16-54H2,1-15H3,(H,79,86). The first-order chi connectivity index (χ1) is 51.6. The highest BCUT2D eigenvalue weighted by Crippen LogP contribution is 2.38. The molecule has 3 fully saturated rings. The molecule has 15 unspecified atom stereocenters. The molecule has 30 nitrogen and oxygen atoms in total. The Labute approximate surface area is 643 Å². The van der Waals surface area contributed by atoms with Crippen molar-refractivity contribution in [3.8, 4) is 0 Å². The number of alkyl carbamates (subject to hydrolysis) is 1. The van der Waals surface area contributed by atoms with E-state index in [0.717, 1.165) is 0 Å². The second-order valence-electron chi connectivity index (χ2n) is 29.6. The SMILES string of the molecule is CC(=O)OCC1OC(OCCOCCOCCOCCCC(=O)CCOCC(COCCC(=O)CCCOCCOCCOCCOC2OC(COC(C)=O)C(C)C(C)C2C)(COCCC(=O)CCCOCCOCCOCCOC2OC(COC(C)=O)C(C)C(C)C2C)NC(=O)OC(C)(C)C)C(C)C(C)C1C. The molecule has 1 N–H and O–H groups in total. The second kappa shape index (κ2) is 57.9. The maximum atomic E-state index is 13.5. The molecule has 3 saturated heterocycles. The molecule has 15 atom stereocenters. The summed E-state index contributed by atoms with van der Waals surface area (Å²) in [5, 5.41) is 2.90. The van der Waals surface area contributed by atoms with Gasteiger partial charge in [0.25, 0.3) is 0 Å². The van der Waals surface area contributed by atoms with Crippen LogP contribution in [0.1, 0.15) is 162 Å². The molecule has 3 heterocycles. The first-order valence-corrected chi connectivity index (χ1v) is 39.3. The molecule has 1 amide bonds. The molecule has 3 rings (SSSR count). The van der Waals surface area contributed by atoms with Gasteiger partial charge in [0, 0.05) is 96.9 Å². The summed E-state index contributed by atoms with van der Waals surface area (Å²) in [6, 6.07) is 0. The lowest BCUT2D eigenvalue weighted by Crippen LogP contribution is -2.59. The lowest BCUT2D eigenvalue weighted by atomic mass is 9.79. The van der Waals surface area contributed by atoms with Gasteiger partial charge in [0.2, 0.25) is 0 Å². The quantitative estimate of drug-likeness (QED) is 0.0340. The Bertz CT molecular complexity index is 2190. The molecule has 3 aliphatic rings. The summed E-state index contributed by atoms with van der Waals surface area (Å²) in [5.74, 6) is 0.903. The van der Waals surface area contributed by atoms with Crippen LogP contribution in [0.25, 0.3) is 0 Å². The molecule has 3 aliphatic heterocycles. The number of carbonyl (C=O) groups is 7. The number of carbonyl (C=O) groups excluding carboxylic acids is 7. The lowest BCUT2D eigenvalue weighted by molar-refractivity contribution is -0.258. The fraction of sp³-hybridized carbons (Fsp3) is 0.910. The van der Waals surface area contributed by atoms with Crippen LogP contribution in [0.4, 0.5) is 4.79 Å². The van der Waals surface area contributed by atoms with Crippen molar-refractivity contribution in [2.45, 2.75) is 210 Å². The molecular weight excluding hydrogens is 1410 g/mol. The molecular formula is C78H139NO29. The number of Topliss-reactive ketones (excluding diaryl/α,β-unsaturated/α-hetero) is 3. The van der Waals surface area contributed by atoms with E-state index in [4.69, 9.17) is 104 Å². The second-order valence-corrected chi connectivity index (χ2v) is 29.6.